The van der Waals surface area contributed by atoms with Crippen molar-refractivity contribution in [3.05, 3.63) is 48.5 Å². The Balaban J connectivity index is 0.00000162. The first-order valence-corrected chi connectivity index (χ1v) is 5.24. The minimum Gasteiger partial charge on any atom is -0.507 e. The van der Waals surface area contributed by atoms with Crippen molar-refractivity contribution in [1.82, 2.24) is 0 Å². The van der Waals surface area contributed by atoms with Crippen molar-refractivity contribution in [1.29, 1.82) is 0 Å². The second kappa shape index (κ2) is 8.00. The fourth-order valence-corrected chi connectivity index (χ4v) is 1.63. The van der Waals surface area contributed by atoms with Gasteiger partial charge in [0.1, 0.15) is 11.5 Å². The predicted octanol–water partition coefficient (Wildman–Crippen LogP) is 3.40. The number of phenolic OH excluding ortho intramolecular Hbond substituents is 1. The molecule has 0 amide bonds. The van der Waals surface area contributed by atoms with Gasteiger partial charge in [-0.1, -0.05) is 36.4 Å². The molecule has 0 saturated carbocycles. The number of hydrogen-bond acceptors (Lipinski definition) is 3. The number of benzene rings is 2. The molecule has 3 nitrogen and oxygen atoms in total. The van der Waals surface area contributed by atoms with Gasteiger partial charge in [-0.25, -0.2) is 0 Å². The summed E-state index contributed by atoms with van der Waals surface area (Å²) in [5.41, 5.74) is 1.34. The molecule has 0 unspecified atom stereocenters. The maximum atomic E-state index is 11.0. The molecule has 19 heavy (non-hydrogen) atoms. The summed E-state index contributed by atoms with van der Waals surface area (Å²) >= 11 is 0. The van der Waals surface area contributed by atoms with Crippen LogP contribution in [0.15, 0.2) is 48.5 Å². The van der Waals surface area contributed by atoms with Gasteiger partial charge in [-0.3, -0.25) is 4.79 Å². The summed E-state index contributed by atoms with van der Waals surface area (Å²) in [5.74, 6) is 0.224. The van der Waals surface area contributed by atoms with Crippen LogP contribution in [0.25, 0.3) is 11.1 Å². The summed E-state index contributed by atoms with van der Waals surface area (Å²) in [7, 11) is 0. The largest absolute Gasteiger partial charge is 0.507 e. The number of carbonyl (C=O) groups is 1. The zero-order valence-corrected chi connectivity index (χ0v) is 12.7. The molecule has 2 aromatic carbocycles. The normalized spacial score (nSPS) is 8.89. The number of hydrogen-bond donors (Lipinski definition) is 1. The Kier molecular flexibility index (Phi) is 7.46. The summed E-state index contributed by atoms with van der Waals surface area (Å²) in [6.45, 7) is 1.35. The number of rotatable bonds is 2. The van der Waals surface area contributed by atoms with Gasteiger partial charge < -0.3 is 9.84 Å². The van der Waals surface area contributed by atoms with E-state index < -0.39 is 0 Å². The molecule has 0 aliphatic rings. The Bertz CT molecular complexity index is 558. The van der Waals surface area contributed by atoms with E-state index in [0.717, 1.165) is 0 Å². The molecule has 0 aromatic heterocycles. The van der Waals surface area contributed by atoms with Crippen LogP contribution >= 0.6 is 12.4 Å². The molecule has 0 bridgehead atoms. The Morgan fingerprint density at radius 3 is 2.11 bits per heavy atom. The maximum Gasteiger partial charge on any atom is 0.308 e. The third-order valence-corrected chi connectivity index (χ3v) is 2.33. The number of carbonyl (C=O) groups excluding carboxylic acids is 1. The van der Waals surface area contributed by atoms with Gasteiger partial charge in [-0.15, -0.1) is 12.4 Å². The van der Waals surface area contributed by atoms with Crippen LogP contribution in [-0.4, -0.2) is 11.1 Å². The average Bonchev–Trinajstić information content (AvgIpc) is 2.30. The van der Waals surface area contributed by atoms with Crippen LogP contribution in [0.5, 0.6) is 11.5 Å². The van der Waals surface area contributed by atoms with Crippen molar-refractivity contribution < 1.29 is 36.4 Å². The quantitative estimate of drug-likeness (QED) is 0.525. The van der Waals surface area contributed by atoms with E-state index in [4.69, 9.17) is 4.74 Å². The van der Waals surface area contributed by atoms with Crippen LogP contribution in [0, 0.1) is 0 Å². The molecule has 0 heterocycles. The second-order valence-electron chi connectivity index (χ2n) is 3.61. The number of esters is 1. The fourth-order valence-electron chi connectivity index (χ4n) is 1.63. The monoisotopic (exact) mass is 312 g/mol. The molecule has 0 saturated heterocycles. The number of halogens is 1. The predicted molar refractivity (Wildman–Crippen MR) is 72.1 cm³/mol. The average molecular weight is 313 g/mol. The topological polar surface area (TPSA) is 46.5 Å². The molecule has 5 heteroatoms. The molecule has 0 radical (unpaired) electrons. The van der Waals surface area contributed by atoms with Crippen LogP contribution in [0.3, 0.4) is 0 Å². The van der Waals surface area contributed by atoms with Crippen molar-refractivity contribution in [2.45, 2.75) is 6.92 Å². The van der Waals surface area contributed by atoms with Gasteiger partial charge in [0.05, 0.1) is 0 Å². The molecule has 0 spiro atoms. The summed E-state index contributed by atoms with van der Waals surface area (Å²) in [6.07, 6.45) is 0. The molecule has 0 fully saturated rings. The van der Waals surface area contributed by atoms with Crippen molar-refractivity contribution >= 4 is 18.4 Å². The SMILES string of the molecule is CC(=O)Oc1ccccc1-c1ccccc1O.Cl.[Ti]. The van der Waals surface area contributed by atoms with E-state index in [1.807, 2.05) is 12.1 Å². The summed E-state index contributed by atoms with van der Waals surface area (Å²) in [4.78, 5) is 11.0. The molecule has 2 aromatic rings. The van der Waals surface area contributed by atoms with Crippen LogP contribution in [-0.2, 0) is 26.5 Å². The number of aromatic hydroxyl groups is 1. The van der Waals surface area contributed by atoms with Crippen molar-refractivity contribution in [2.75, 3.05) is 0 Å². The zero-order chi connectivity index (χ0) is 12.3. The Labute approximate surface area is 132 Å². The fraction of sp³-hybridized carbons (Fsp3) is 0.0714. The van der Waals surface area contributed by atoms with Crippen LogP contribution in [0.4, 0.5) is 0 Å². The van der Waals surface area contributed by atoms with Crippen LogP contribution < -0.4 is 4.74 Å². The smallest absolute Gasteiger partial charge is 0.308 e. The van der Waals surface area contributed by atoms with E-state index in [0.29, 0.717) is 16.9 Å². The van der Waals surface area contributed by atoms with Gasteiger partial charge in [0, 0.05) is 39.8 Å². The van der Waals surface area contributed by atoms with Crippen LogP contribution in [0.1, 0.15) is 6.92 Å². The van der Waals surface area contributed by atoms with E-state index in [1.54, 1.807) is 36.4 Å². The minimum atomic E-state index is -0.382. The summed E-state index contributed by atoms with van der Waals surface area (Å²) < 4.78 is 5.10. The van der Waals surface area contributed by atoms with Gasteiger partial charge in [-0.2, -0.15) is 0 Å². The van der Waals surface area contributed by atoms with Gasteiger partial charge in [0.15, 0.2) is 0 Å². The number of ether oxygens (including phenoxy) is 1. The van der Waals surface area contributed by atoms with Crippen molar-refractivity contribution in [3.63, 3.8) is 0 Å². The molecule has 0 atom stereocenters. The molecule has 2 rings (SSSR count). The molecular formula is C14H13ClO3Ti. The van der Waals surface area contributed by atoms with Crippen molar-refractivity contribution in [3.8, 4) is 22.6 Å². The van der Waals surface area contributed by atoms with E-state index in [-0.39, 0.29) is 45.8 Å². The third-order valence-electron chi connectivity index (χ3n) is 2.33. The molecular weight excluding hydrogens is 299 g/mol. The first kappa shape index (κ1) is 17.7. The summed E-state index contributed by atoms with van der Waals surface area (Å²) in [5, 5.41) is 9.78. The van der Waals surface area contributed by atoms with Gasteiger partial charge in [-0.05, 0) is 12.1 Å². The Morgan fingerprint density at radius 1 is 1.00 bits per heavy atom. The Hall–Kier alpha value is -1.29. The third kappa shape index (κ3) is 4.39. The zero-order valence-electron chi connectivity index (χ0n) is 10.3. The maximum absolute atomic E-state index is 11.0. The molecule has 0 aliphatic heterocycles. The van der Waals surface area contributed by atoms with E-state index >= 15 is 0 Å². The molecule has 0 aliphatic carbocycles. The van der Waals surface area contributed by atoms with E-state index in [2.05, 4.69) is 0 Å². The Morgan fingerprint density at radius 2 is 1.53 bits per heavy atom. The molecule has 98 valence electrons. The van der Waals surface area contributed by atoms with Crippen molar-refractivity contribution in [2.24, 2.45) is 0 Å². The minimum absolute atomic E-state index is 0. The first-order chi connectivity index (χ1) is 8.18. The van der Waals surface area contributed by atoms with E-state index in [9.17, 15) is 9.90 Å². The first-order valence-electron chi connectivity index (χ1n) is 5.24. The number of para-hydroxylation sites is 2. The summed E-state index contributed by atoms with van der Waals surface area (Å²) in [6, 6.07) is 14.0. The van der Waals surface area contributed by atoms with Gasteiger partial charge in [0.25, 0.3) is 0 Å². The van der Waals surface area contributed by atoms with Gasteiger partial charge in [0.2, 0.25) is 0 Å². The second-order valence-corrected chi connectivity index (χ2v) is 3.61. The van der Waals surface area contributed by atoms with Gasteiger partial charge >= 0.3 is 5.97 Å². The standard InChI is InChI=1S/C14H12O3.ClH.Ti/c1-10(15)17-14-9-5-3-7-12(14)11-6-2-4-8-13(11)16;;/h2-9,16H,1H3;1H;. The molecule has 1 N–H and O–H groups in total. The van der Waals surface area contributed by atoms with Crippen LogP contribution in [0.2, 0.25) is 0 Å². The van der Waals surface area contributed by atoms with E-state index in [1.165, 1.54) is 6.92 Å². The number of phenols is 1.